The first-order valence-electron chi connectivity index (χ1n) is 6.53. The van der Waals surface area contributed by atoms with E-state index in [9.17, 15) is 13.2 Å². The van der Waals surface area contributed by atoms with Crippen LogP contribution in [0.5, 0.6) is 0 Å². The van der Waals surface area contributed by atoms with Gasteiger partial charge in [-0.15, -0.1) is 0 Å². The normalized spacial score (nSPS) is 26.3. The van der Waals surface area contributed by atoms with E-state index >= 15 is 0 Å². The van der Waals surface area contributed by atoms with E-state index in [0.717, 1.165) is 6.42 Å². The fourth-order valence-electron chi connectivity index (χ4n) is 2.24. The second-order valence-electron chi connectivity index (χ2n) is 6.28. The maximum atomic E-state index is 12.2. The Morgan fingerprint density at radius 1 is 1.32 bits per heavy atom. The highest BCUT2D eigenvalue weighted by molar-refractivity contribution is 7.87. The van der Waals surface area contributed by atoms with Crippen LogP contribution in [0.3, 0.4) is 0 Å². The van der Waals surface area contributed by atoms with Crippen LogP contribution in [0, 0.1) is 17.3 Å². The summed E-state index contributed by atoms with van der Waals surface area (Å²) in [5.41, 5.74) is -1.11. The van der Waals surface area contributed by atoms with Crippen molar-refractivity contribution >= 4 is 16.2 Å². The van der Waals surface area contributed by atoms with Crippen LogP contribution in [0.4, 0.5) is 0 Å². The Labute approximate surface area is 115 Å². The summed E-state index contributed by atoms with van der Waals surface area (Å²) in [6.45, 7) is 7.93. The van der Waals surface area contributed by atoms with Gasteiger partial charge in [-0.05, 0) is 32.1 Å². The van der Waals surface area contributed by atoms with Crippen molar-refractivity contribution in [2.45, 2.75) is 34.1 Å². The molecule has 6 nitrogen and oxygen atoms in total. The van der Waals surface area contributed by atoms with Crippen LogP contribution in [-0.2, 0) is 15.0 Å². The zero-order valence-corrected chi connectivity index (χ0v) is 12.8. The molecule has 0 aliphatic carbocycles. The molecule has 0 aromatic heterocycles. The molecule has 0 aromatic carbocycles. The van der Waals surface area contributed by atoms with Gasteiger partial charge >= 0.3 is 5.97 Å². The summed E-state index contributed by atoms with van der Waals surface area (Å²) in [5, 5.41) is 8.98. The van der Waals surface area contributed by atoms with Gasteiger partial charge in [0, 0.05) is 19.6 Å². The molecule has 0 amide bonds. The number of nitrogens with one attached hydrogen (secondary N) is 1. The van der Waals surface area contributed by atoms with Gasteiger partial charge in [-0.3, -0.25) is 4.79 Å². The van der Waals surface area contributed by atoms with E-state index in [1.807, 2.05) is 13.8 Å². The zero-order valence-electron chi connectivity index (χ0n) is 12.0. The molecule has 1 fully saturated rings. The van der Waals surface area contributed by atoms with Gasteiger partial charge < -0.3 is 5.11 Å². The molecule has 2 unspecified atom stereocenters. The summed E-state index contributed by atoms with van der Waals surface area (Å²) < 4.78 is 28.2. The van der Waals surface area contributed by atoms with E-state index in [-0.39, 0.29) is 6.54 Å². The standard InChI is InChI=1S/C12H24N2O4S/c1-9-5-10(2)7-14(6-9)19(17,18)13-8-12(3,4)11(15)16/h9-10,13H,5-8H2,1-4H3,(H,15,16). The third-order valence-corrected chi connectivity index (χ3v) is 4.94. The molecule has 1 aliphatic heterocycles. The third kappa shape index (κ3) is 4.43. The second kappa shape index (κ2) is 5.76. The number of carboxylic acids is 1. The van der Waals surface area contributed by atoms with Gasteiger partial charge in [-0.2, -0.15) is 12.7 Å². The molecule has 19 heavy (non-hydrogen) atoms. The lowest BCUT2D eigenvalue weighted by Crippen LogP contribution is -2.50. The lowest BCUT2D eigenvalue weighted by molar-refractivity contribution is -0.146. The van der Waals surface area contributed by atoms with Crippen molar-refractivity contribution in [3.05, 3.63) is 0 Å². The van der Waals surface area contributed by atoms with Crippen molar-refractivity contribution in [2.24, 2.45) is 17.3 Å². The van der Waals surface area contributed by atoms with Crippen molar-refractivity contribution in [3.8, 4) is 0 Å². The van der Waals surface area contributed by atoms with Gasteiger partial charge in [0.2, 0.25) is 0 Å². The van der Waals surface area contributed by atoms with Gasteiger partial charge in [0.1, 0.15) is 0 Å². The number of hydrogen-bond acceptors (Lipinski definition) is 3. The molecule has 1 heterocycles. The Bertz CT molecular complexity index is 423. The minimum atomic E-state index is -3.60. The molecule has 0 saturated carbocycles. The summed E-state index contributed by atoms with van der Waals surface area (Å²) in [7, 11) is -3.60. The van der Waals surface area contributed by atoms with Crippen molar-refractivity contribution < 1.29 is 18.3 Å². The summed E-state index contributed by atoms with van der Waals surface area (Å²) in [6, 6.07) is 0. The van der Waals surface area contributed by atoms with Crippen molar-refractivity contribution in [1.29, 1.82) is 0 Å². The van der Waals surface area contributed by atoms with E-state index in [1.165, 1.54) is 18.2 Å². The first kappa shape index (κ1) is 16.4. The molecule has 7 heteroatoms. The number of nitrogens with zero attached hydrogens (tertiary/aromatic N) is 1. The van der Waals surface area contributed by atoms with Crippen molar-refractivity contribution in [1.82, 2.24) is 9.03 Å². The van der Waals surface area contributed by atoms with Gasteiger partial charge in [0.15, 0.2) is 0 Å². The Kier molecular flexibility index (Phi) is 4.97. The smallest absolute Gasteiger partial charge is 0.310 e. The predicted octanol–water partition coefficient (Wildman–Crippen LogP) is 0.909. The summed E-state index contributed by atoms with van der Waals surface area (Å²) >= 11 is 0. The highest BCUT2D eigenvalue weighted by Gasteiger charge is 2.33. The number of aliphatic carboxylic acids is 1. The van der Waals surface area contributed by atoms with Gasteiger partial charge in [-0.1, -0.05) is 13.8 Å². The Morgan fingerprint density at radius 3 is 2.21 bits per heavy atom. The van der Waals surface area contributed by atoms with Crippen molar-refractivity contribution in [2.75, 3.05) is 19.6 Å². The first-order valence-corrected chi connectivity index (χ1v) is 7.97. The van der Waals surface area contributed by atoms with Crippen LogP contribution in [0.2, 0.25) is 0 Å². The Balaban J connectivity index is 2.68. The molecule has 2 N–H and O–H groups in total. The van der Waals surface area contributed by atoms with Gasteiger partial charge in [-0.25, -0.2) is 4.72 Å². The third-order valence-electron chi connectivity index (χ3n) is 3.45. The Hall–Kier alpha value is -0.660. The summed E-state index contributed by atoms with van der Waals surface area (Å²) in [6.07, 6.45) is 1.02. The molecule has 112 valence electrons. The highest BCUT2D eigenvalue weighted by Crippen LogP contribution is 2.23. The quantitative estimate of drug-likeness (QED) is 0.788. The molecule has 0 aromatic rings. The van der Waals surface area contributed by atoms with Crippen LogP contribution < -0.4 is 4.72 Å². The zero-order chi connectivity index (χ0) is 14.8. The molecule has 1 rings (SSSR count). The van der Waals surface area contributed by atoms with E-state index in [1.54, 1.807) is 0 Å². The predicted molar refractivity (Wildman–Crippen MR) is 72.9 cm³/mol. The average molecular weight is 292 g/mol. The minimum Gasteiger partial charge on any atom is -0.481 e. The summed E-state index contributed by atoms with van der Waals surface area (Å²) in [5.74, 6) is -0.365. The first-order chi connectivity index (χ1) is 8.54. The molecule has 1 aliphatic rings. The molecular formula is C12H24N2O4S. The molecule has 0 bridgehead atoms. The highest BCUT2D eigenvalue weighted by atomic mass is 32.2. The fourth-order valence-corrected chi connectivity index (χ4v) is 3.87. The van der Waals surface area contributed by atoms with E-state index in [4.69, 9.17) is 5.11 Å². The number of carbonyl (C=O) groups is 1. The van der Waals surface area contributed by atoms with E-state index < -0.39 is 21.6 Å². The minimum absolute atomic E-state index is 0.107. The fraction of sp³-hybridized carbons (Fsp3) is 0.917. The number of rotatable bonds is 5. The Morgan fingerprint density at radius 2 is 1.79 bits per heavy atom. The second-order valence-corrected chi connectivity index (χ2v) is 8.03. The van der Waals surface area contributed by atoms with Gasteiger partial charge in [0.25, 0.3) is 10.2 Å². The van der Waals surface area contributed by atoms with Crippen LogP contribution in [0.1, 0.15) is 34.1 Å². The lowest BCUT2D eigenvalue weighted by Gasteiger charge is -2.34. The molecule has 0 spiro atoms. The largest absolute Gasteiger partial charge is 0.481 e. The van der Waals surface area contributed by atoms with E-state index in [0.29, 0.717) is 24.9 Å². The van der Waals surface area contributed by atoms with Crippen LogP contribution >= 0.6 is 0 Å². The lowest BCUT2D eigenvalue weighted by atomic mass is 9.94. The monoisotopic (exact) mass is 292 g/mol. The maximum Gasteiger partial charge on any atom is 0.310 e. The molecule has 0 radical (unpaired) electrons. The number of piperidine rings is 1. The number of hydrogen-bond donors (Lipinski definition) is 2. The molecular weight excluding hydrogens is 268 g/mol. The molecule has 2 atom stereocenters. The molecule has 1 saturated heterocycles. The van der Waals surface area contributed by atoms with Gasteiger partial charge in [0.05, 0.1) is 5.41 Å². The van der Waals surface area contributed by atoms with E-state index in [2.05, 4.69) is 4.72 Å². The average Bonchev–Trinajstić information content (AvgIpc) is 2.25. The maximum absolute atomic E-state index is 12.2. The SMILES string of the molecule is CC1CC(C)CN(S(=O)(=O)NCC(C)(C)C(=O)O)C1. The van der Waals surface area contributed by atoms with Crippen molar-refractivity contribution in [3.63, 3.8) is 0 Å². The topological polar surface area (TPSA) is 86.7 Å². The summed E-state index contributed by atoms with van der Waals surface area (Å²) in [4.78, 5) is 11.0. The number of carboxylic acid groups (broad SMARTS) is 1. The van der Waals surface area contributed by atoms with Crippen LogP contribution in [-0.4, -0.2) is 43.4 Å². The van der Waals surface area contributed by atoms with Crippen LogP contribution in [0.25, 0.3) is 0 Å². The van der Waals surface area contributed by atoms with Crippen LogP contribution in [0.15, 0.2) is 0 Å².